The van der Waals surface area contributed by atoms with E-state index in [1.807, 2.05) is 17.0 Å². The predicted molar refractivity (Wildman–Crippen MR) is 93.6 cm³/mol. The van der Waals surface area contributed by atoms with Crippen LogP contribution in [0.25, 0.3) is 0 Å². The molecule has 3 rings (SSSR count). The van der Waals surface area contributed by atoms with Gasteiger partial charge in [0.1, 0.15) is 0 Å². The number of carbonyl (C=O) groups excluding carboxylic acids is 2. The third-order valence-electron chi connectivity index (χ3n) is 5.06. The van der Waals surface area contributed by atoms with E-state index >= 15 is 0 Å². The fraction of sp³-hybridized carbons (Fsp3) is 0.526. The zero-order chi connectivity index (χ0) is 17.8. The summed E-state index contributed by atoms with van der Waals surface area (Å²) in [5.74, 6) is -0.794. The maximum absolute atomic E-state index is 13.0. The second-order valence-corrected chi connectivity index (χ2v) is 6.78. The highest BCUT2D eigenvalue weighted by molar-refractivity contribution is 5.99. The minimum atomic E-state index is -0.826. The van der Waals surface area contributed by atoms with Gasteiger partial charge < -0.3 is 14.9 Å². The van der Waals surface area contributed by atoms with Crippen LogP contribution in [-0.4, -0.2) is 46.9 Å². The maximum atomic E-state index is 13.0. The van der Waals surface area contributed by atoms with Crippen LogP contribution in [0.4, 0.5) is 5.69 Å². The van der Waals surface area contributed by atoms with E-state index in [9.17, 15) is 14.4 Å². The Morgan fingerprint density at radius 1 is 1.16 bits per heavy atom. The first-order valence-corrected chi connectivity index (χ1v) is 8.99. The number of hydrogen-bond acceptors (Lipinski definition) is 3. The molecule has 25 heavy (non-hydrogen) atoms. The smallest absolute Gasteiger partial charge is 0.303 e. The van der Waals surface area contributed by atoms with E-state index in [0.29, 0.717) is 31.5 Å². The van der Waals surface area contributed by atoms with Crippen molar-refractivity contribution in [2.45, 2.75) is 51.0 Å². The van der Waals surface area contributed by atoms with Crippen LogP contribution in [0.1, 0.15) is 55.3 Å². The highest BCUT2D eigenvalue weighted by atomic mass is 16.4. The molecule has 0 spiro atoms. The van der Waals surface area contributed by atoms with Gasteiger partial charge in [0.15, 0.2) is 0 Å². The summed E-state index contributed by atoms with van der Waals surface area (Å²) in [6.45, 7) is 1.36. The summed E-state index contributed by atoms with van der Waals surface area (Å²) in [7, 11) is 0. The highest BCUT2D eigenvalue weighted by Gasteiger charge is 2.29. The molecule has 1 N–H and O–H groups in total. The molecule has 134 valence electrons. The van der Waals surface area contributed by atoms with Crippen molar-refractivity contribution >= 4 is 23.5 Å². The first-order valence-electron chi connectivity index (χ1n) is 8.99. The normalized spacial score (nSPS) is 20.8. The van der Waals surface area contributed by atoms with E-state index in [1.54, 1.807) is 17.0 Å². The van der Waals surface area contributed by atoms with Crippen molar-refractivity contribution in [3.8, 4) is 0 Å². The van der Waals surface area contributed by atoms with E-state index in [4.69, 9.17) is 5.11 Å². The zero-order valence-electron chi connectivity index (χ0n) is 14.3. The van der Waals surface area contributed by atoms with Crippen LogP contribution in [0.3, 0.4) is 0 Å². The van der Waals surface area contributed by atoms with Crippen molar-refractivity contribution in [1.29, 1.82) is 0 Å². The number of hydrogen-bond donors (Lipinski definition) is 1. The number of benzene rings is 1. The van der Waals surface area contributed by atoms with Gasteiger partial charge in [-0.25, -0.2) is 0 Å². The minimum Gasteiger partial charge on any atom is -0.481 e. The van der Waals surface area contributed by atoms with E-state index in [0.717, 1.165) is 31.4 Å². The summed E-state index contributed by atoms with van der Waals surface area (Å²) in [5, 5.41) is 8.93. The molecule has 0 unspecified atom stereocenters. The number of piperidine rings is 1. The van der Waals surface area contributed by atoms with Gasteiger partial charge in [0.2, 0.25) is 5.91 Å². The van der Waals surface area contributed by atoms with E-state index < -0.39 is 5.97 Å². The number of aliphatic carboxylic acids is 1. The number of carboxylic acids is 1. The Labute approximate surface area is 147 Å². The van der Waals surface area contributed by atoms with Gasteiger partial charge in [-0.15, -0.1) is 0 Å². The van der Waals surface area contributed by atoms with Crippen LogP contribution in [0.5, 0.6) is 0 Å². The molecule has 0 aliphatic carbocycles. The molecule has 2 aliphatic heterocycles. The molecule has 2 heterocycles. The predicted octanol–water partition coefficient (Wildman–Crippen LogP) is 2.67. The Kier molecular flexibility index (Phi) is 5.36. The average Bonchev–Trinajstić information content (AvgIpc) is 3.05. The number of likely N-dealkylation sites (tertiary alicyclic amines) is 1. The van der Waals surface area contributed by atoms with E-state index in [2.05, 4.69) is 0 Å². The van der Waals surface area contributed by atoms with Crippen molar-refractivity contribution in [2.75, 3.05) is 18.0 Å². The van der Waals surface area contributed by atoms with Crippen LogP contribution in [0.15, 0.2) is 24.3 Å². The van der Waals surface area contributed by atoms with Gasteiger partial charge in [-0.1, -0.05) is 6.07 Å². The first kappa shape index (κ1) is 17.5. The highest BCUT2D eigenvalue weighted by Crippen LogP contribution is 2.26. The van der Waals surface area contributed by atoms with Crippen LogP contribution in [0, 0.1) is 0 Å². The Balaban J connectivity index is 1.76. The van der Waals surface area contributed by atoms with Gasteiger partial charge >= 0.3 is 5.97 Å². The molecule has 1 aromatic carbocycles. The van der Waals surface area contributed by atoms with Gasteiger partial charge in [-0.3, -0.25) is 14.4 Å². The van der Waals surface area contributed by atoms with Gasteiger partial charge in [0, 0.05) is 43.2 Å². The largest absolute Gasteiger partial charge is 0.481 e. The van der Waals surface area contributed by atoms with Gasteiger partial charge in [-0.2, -0.15) is 0 Å². The molecular weight excluding hydrogens is 320 g/mol. The molecule has 6 nitrogen and oxygen atoms in total. The SMILES string of the molecule is O=C(O)CC[C@@H]1CCCCN1C(=O)c1cccc(N2CCCC2=O)c1. The molecule has 0 bridgehead atoms. The van der Waals surface area contributed by atoms with Crippen LogP contribution >= 0.6 is 0 Å². The average molecular weight is 344 g/mol. The Bertz CT molecular complexity index is 673. The van der Waals surface area contributed by atoms with Crippen molar-refractivity contribution < 1.29 is 19.5 Å². The molecule has 1 atom stereocenters. The Hall–Kier alpha value is -2.37. The molecule has 2 amide bonds. The Morgan fingerprint density at radius 3 is 2.72 bits per heavy atom. The third kappa shape index (κ3) is 4.00. The van der Waals surface area contributed by atoms with E-state index in [-0.39, 0.29) is 24.3 Å². The van der Waals surface area contributed by atoms with Crippen LogP contribution < -0.4 is 4.90 Å². The summed E-state index contributed by atoms with van der Waals surface area (Å²) in [6.07, 6.45) is 4.80. The fourth-order valence-electron chi connectivity index (χ4n) is 3.75. The standard InChI is InChI=1S/C19H24N2O4/c22-17-8-4-12-20(17)16-7-3-5-14(13-16)19(25)21-11-2-1-6-15(21)9-10-18(23)24/h3,5,7,13,15H,1-2,4,6,8-12H2,(H,23,24)/t15-/m0/s1. The summed E-state index contributed by atoms with van der Waals surface area (Å²) in [5.41, 5.74) is 1.34. The molecule has 1 aromatic rings. The van der Waals surface area contributed by atoms with E-state index in [1.165, 1.54) is 0 Å². The summed E-state index contributed by atoms with van der Waals surface area (Å²) >= 11 is 0. The molecule has 0 aromatic heterocycles. The van der Waals surface area contributed by atoms with Crippen LogP contribution in [0.2, 0.25) is 0 Å². The van der Waals surface area contributed by atoms with Crippen molar-refractivity contribution in [3.63, 3.8) is 0 Å². The second kappa shape index (κ2) is 7.68. The maximum Gasteiger partial charge on any atom is 0.303 e. The second-order valence-electron chi connectivity index (χ2n) is 6.78. The molecule has 2 aliphatic rings. The number of carbonyl (C=O) groups is 3. The molecule has 6 heteroatoms. The molecule has 2 fully saturated rings. The van der Waals surface area contributed by atoms with Gasteiger partial charge in [0.25, 0.3) is 5.91 Å². The summed E-state index contributed by atoms with van der Waals surface area (Å²) in [4.78, 5) is 39.3. The fourth-order valence-corrected chi connectivity index (χ4v) is 3.75. The zero-order valence-corrected chi connectivity index (χ0v) is 14.3. The number of amides is 2. The Morgan fingerprint density at radius 2 is 2.00 bits per heavy atom. The van der Waals surface area contributed by atoms with Crippen molar-refractivity contribution in [1.82, 2.24) is 4.90 Å². The monoisotopic (exact) mass is 344 g/mol. The minimum absolute atomic E-state index is 0.0191. The van der Waals surface area contributed by atoms with Crippen molar-refractivity contribution in [2.24, 2.45) is 0 Å². The lowest BCUT2D eigenvalue weighted by Gasteiger charge is -2.36. The van der Waals surface area contributed by atoms with Gasteiger partial charge in [-0.05, 0) is 50.3 Å². The number of carboxylic acid groups (broad SMARTS) is 1. The quantitative estimate of drug-likeness (QED) is 0.891. The lowest BCUT2D eigenvalue weighted by atomic mass is 9.97. The number of anilines is 1. The lowest BCUT2D eigenvalue weighted by Crippen LogP contribution is -2.44. The third-order valence-corrected chi connectivity index (χ3v) is 5.06. The molecule has 0 radical (unpaired) electrons. The number of rotatable bonds is 5. The van der Waals surface area contributed by atoms with Crippen LogP contribution in [-0.2, 0) is 9.59 Å². The molecule has 0 saturated carbocycles. The number of nitrogens with zero attached hydrogens (tertiary/aromatic N) is 2. The van der Waals surface area contributed by atoms with Crippen molar-refractivity contribution in [3.05, 3.63) is 29.8 Å². The molecule has 2 saturated heterocycles. The summed E-state index contributed by atoms with van der Waals surface area (Å²) in [6, 6.07) is 7.21. The summed E-state index contributed by atoms with van der Waals surface area (Å²) < 4.78 is 0. The van der Waals surface area contributed by atoms with Gasteiger partial charge in [0.05, 0.1) is 0 Å². The topological polar surface area (TPSA) is 77.9 Å². The lowest BCUT2D eigenvalue weighted by molar-refractivity contribution is -0.137. The molecular formula is C19H24N2O4. The first-order chi connectivity index (χ1) is 12.1.